The quantitative estimate of drug-likeness (QED) is 0.0461. The smallest absolute Gasteiger partial charge is 2.00 e. The monoisotopic (exact) mass is 1740 g/mol. The zero-order valence-corrected chi connectivity index (χ0v) is 63.6. The number of benzene rings is 12. The van der Waals surface area contributed by atoms with E-state index in [9.17, 15) is 39.6 Å². The number of nitrogen functional groups attached to an aromatic ring is 4. The van der Waals surface area contributed by atoms with Gasteiger partial charge in [0.1, 0.15) is 0 Å². The second-order valence-electron chi connectivity index (χ2n) is 16.9. The molecule has 488 valence electrons. The van der Waals surface area contributed by atoms with Gasteiger partial charge in [0.2, 0.25) is 0 Å². The summed E-state index contributed by atoms with van der Waals surface area (Å²) in [5.41, 5.74) is 21.0. The molecule has 18 nitrogen and oxygen atoms in total. The summed E-state index contributed by atoms with van der Waals surface area (Å²) in [6, 6.07) is 115. The molecule has 0 spiro atoms. The molecular formula is C76H64N4O14Sn4. The summed E-state index contributed by atoms with van der Waals surface area (Å²) in [5.74, 6) is -7.14. The number of anilines is 4. The zero-order chi connectivity index (χ0) is 67.7. The molecule has 0 radical (unpaired) electrons. The molecule has 0 saturated heterocycles. The predicted octanol–water partition coefficient (Wildman–Crippen LogP) is 10.3. The molecule has 0 unspecified atom stereocenters. The summed E-state index contributed by atoms with van der Waals surface area (Å²) in [4.78, 5) is 41.2. The van der Waals surface area contributed by atoms with E-state index in [1.165, 1.54) is 48.5 Å². The van der Waals surface area contributed by atoms with Gasteiger partial charge in [-0.1, -0.05) is 23.0 Å². The van der Waals surface area contributed by atoms with Crippen LogP contribution in [0.1, 0.15) is 41.4 Å². The van der Waals surface area contributed by atoms with Gasteiger partial charge < -0.3 is 74.7 Å². The van der Waals surface area contributed by atoms with Crippen molar-refractivity contribution in [3.8, 4) is 23.0 Å². The van der Waals surface area contributed by atoms with Gasteiger partial charge in [0.05, 0.1) is 22.3 Å². The molecule has 0 fully saturated rings. The molecule has 0 aliphatic rings. The number of carboxylic acid groups (broad SMARTS) is 4. The molecule has 0 aliphatic heterocycles. The van der Waals surface area contributed by atoms with Gasteiger partial charge in [0.25, 0.3) is 0 Å². The van der Waals surface area contributed by atoms with Gasteiger partial charge in [-0.2, -0.15) is 291 Å². The maximum absolute atomic E-state index is 10.8. The van der Waals surface area contributed by atoms with E-state index < -0.39 is 46.9 Å². The topological polar surface area (TPSA) is 403 Å². The van der Waals surface area contributed by atoms with Crippen molar-refractivity contribution in [2.45, 2.75) is 0 Å². The normalized spacial score (nSPS) is 8.16. The van der Waals surface area contributed by atoms with E-state index >= 15 is 0 Å². The fourth-order valence-corrected chi connectivity index (χ4v) is 5.60. The summed E-state index contributed by atoms with van der Waals surface area (Å²) < 4.78 is 0. The molecular weight excluding hydrogens is 1670 g/mol. The van der Waals surface area contributed by atoms with Crippen molar-refractivity contribution in [1.82, 2.24) is 0 Å². The third-order valence-electron chi connectivity index (χ3n) is 9.80. The molecule has 0 bridgehead atoms. The third kappa shape index (κ3) is 55.3. The molecule has 98 heavy (non-hydrogen) atoms. The van der Waals surface area contributed by atoms with E-state index in [0.717, 1.165) is 24.3 Å². The molecule has 12 aromatic carbocycles. The van der Waals surface area contributed by atoms with Crippen LogP contribution in [0.3, 0.4) is 0 Å². The Kier molecular flexibility index (Phi) is 67.8. The Morgan fingerprint density at radius 2 is 0.347 bits per heavy atom. The second-order valence-corrected chi connectivity index (χ2v) is 16.9. The van der Waals surface area contributed by atoms with Crippen molar-refractivity contribution < 1.29 is 71.0 Å². The number of rotatable bonds is 4. The number of aromatic carboxylic acids is 4. The zero-order valence-electron chi connectivity index (χ0n) is 52.2. The largest absolute Gasteiger partial charge is 4.00 e. The fourth-order valence-electron chi connectivity index (χ4n) is 5.60. The van der Waals surface area contributed by atoms with Crippen LogP contribution in [0.4, 0.5) is 22.7 Å². The van der Waals surface area contributed by atoms with Crippen LogP contribution in [-0.2, 0) is 11.0 Å². The number of hydrogen-bond donors (Lipinski definition) is 8. The molecule has 0 aromatic heterocycles. The summed E-state index contributed by atoms with van der Waals surface area (Å²) in [6.45, 7) is 0. The van der Waals surface area contributed by atoms with Gasteiger partial charge in [-0.15, -0.1) is 0 Å². The van der Waals surface area contributed by atoms with Gasteiger partial charge in [0, 0.05) is 22.7 Å². The van der Waals surface area contributed by atoms with E-state index in [2.05, 4.69) is 48.5 Å². The van der Waals surface area contributed by atoms with Crippen molar-refractivity contribution in [3.05, 3.63) is 386 Å². The first-order valence-electron chi connectivity index (χ1n) is 26.9. The Bertz CT molecular complexity index is 2930. The molecule has 0 aliphatic carbocycles. The molecule has 0 amide bonds. The maximum atomic E-state index is 10.8. The van der Waals surface area contributed by atoms with Gasteiger partial charge in [-0.3, -0.25) is 0 Å². The standard InChI is InChI=1S/4C7H7NO3.8C6H5.2O.4Sn/c4*8-4-1-2-5(7(10)11)6(9)3-4;8*1-2-4-6-5-3-1;;;;;;/h4*1-3,9H,8H2,(H,10,11);8*1-5H;;;;;;/q;;;;8*-1;2*-2;4*+4/p-4. The van der Waals surface area contributed by atoms with Gasteiger partial charge in [-0.25, -0.2) is 19.2 Å². The summed E-state index contributed by atoms with van der Waals surface area (Å²) in [7, 11) is 0. The van der Waals surface area contributed by atoms with E-state index in [0.29, 0.717) is 0 Å². The summed E-state index contributed by atoms with van der Waals surface area (Å²) in [5, 5.41) is 76.9. The fraction of sp³-hybridized carbons (Fsp3) is 0. The average Bonchev–Trinajstić information content (AvgIpc) is 0.919. The van der Waals surface area contributed by atoms with E-state index in [-0.39, 0.29) is 152 Å². The number of carboxylic acids is 4. The summed E-state index contributed by atoms with van der Waals surface area (Å²) >= 11 is 0. The maximum Gasteiger partial charge on any atom is 4.00 e. The first kappa shape index (κ1) is 99.1. The predicted molar refractivity (Wildman–Crippen MR) is 376 cm³/mol. The molecule has 0 atom stereocenters. The average molecular weight is 1730 g/mol. The molecule has 12 N–H and O–H groups in total. The van der Waals surface area contributed by atoms with Crippen molar-refractivity contribution in [2.24, 2.45) is 0 Å². The number of carbonyl (C=O) groups is 4. The molecule has 12 rings (SSSR count). The first-order valence-corrected chi connectivity index (χ1v) is 26.9. The molecule has 0 heterocycles. The van der Waals surface area contributed by atoms with Crippen LogP contribution in [0.15, 0.2) is 315 Å². The van der Waals surface area contributed by atoms with Crippen LogP contribution < -0.4 is 43.4 Å². The van der Waals surface area contributed by atoms with E-state index in [1.807, 2.05) is 243 Å². The molecule has 12 aromatic rings. The SMILES string of the molecule is Nc1ccc(C(=O)O)c([O-])c1.Nc1ccc(C(=O)O)c([O-])c1.Nc1ccc(C(=O)O)c([O-])c1.Nc1ccc(C(=O)O)c([O-])c1.[O-2].[O-2].[Sn+4].[Sn+4].[Sn+4].[Sn+4].[c-]1ccccc1.[c-]1ccccc1.[c-]1ccccc1.[c-]1ccccc1.[c-]1ccccc1.[c-]1ccccc1.[c-]1ccccc1.[c-]1ccccc1. The molecule has 0 saturated carbocycles. The van der Waals surface area contributed by atoms with Crippen molar-refractivity contribution in [2.75, 3.05) is 22.9 Å². The van der Waals surface area contributed by atoms with Gasteiger partial charge >= 0.3 is 120 Å². The third-order valence-corrected chi connectivity index (χ3v) is 9.80. The minimum atomic E-state index is -1.23. The molecule has 22 heteroatoms. The van der Waals surface area contributed by atoms with Crippen LogP contribution in [0.2, 0.25) is 0 Å². The number of nitrogens with two attached hydrogens (primary N) is 4. The van der Waals surface area contributed by atoms with E-state index in [4.69, 9.17) is 43.4 Å². The van der Waals surface area contributed by atoms with Crippen LogP contribution in [0, 0.1) is 48.5 Å². The Morgan fingerprint density at radius 3 is 0.408 bits per heavy atom. The Balaban J connectivity index is -0.000000236. The van der Waals surface area contributed by atoms with Crippen LogP contribution in [0.25, 0.3) is 0 Å². The Hall–Kier alpha value is -9.97. The van der Waals surface area contributed by atoms with Crippen molar-refractivity contribution in [1.29, 1.82) is 0 Å². The van der Waals surface area contributed by atoms with Crippen LogP contribution >= 0.6 is 0 Å². The minimum Gasteiger partial charge on any atom is -2.00 e. The number of hydrogen-bond acceptors (Lipinski definition) is 12. The summed E-state index contributed by atoms with van der Waals surface area (Å²) in [6.07, 6.45) is 0. The van der Waals surface area contributed by atoms with Crippen molar-refractivity contribution in [3.63, 3.8) is 0 Å². The Labute approximate surface area is 639 Å². The Morgan fingerprint density at radius 1 is 0.235 bits per heavy atom. The van der Waals surface area contributed by atoms with Gasteiger partial charge in [-0.05, 0) is 72.8 Å². The minimum absolute atomic E-state index is 0. The van der Waals surface area contributed by atoms with Crippen LogP contribution in [0.5, 0.6) is 23.0 Å². The van der Waals surface area contributed by atoms with Crippen molar-refractivity contribution >= 4 is 142 Å². The van der Waals surface area contributed by atoms with Gasteiger partial charge in [0.15, 0.2) is 0 Å². The van der Waals surface area contributed by atoms with E-state index in [1.54, 1.807) is 0 Å². The first-order chi connectivity index (χ1) is 44.4. The second kappa shape index (κ2) is 67.0. The van der Waals surface area contributed by atoms with Crippen LogP contribution in [-0.4, -0.2) is 140 Å².